The zero-order valence-corrected chi connectivity index (χ0v) is 14.3. The molecule has 2 nitrogen and oxygen atoms in total. The Morgan fingerprint density at radius 3 is 2.38 bits per heavy atom. The smallest absolute Gasteiger partial charge is 0.314 e. The number of hydrogen-bond donors (Lipinski definition) is 1. The van der Waals surface area contributed by atoms with Crippen molar-refractivity contribution in [3.63, 3.8) is 0 Å². The van der Waals surface area contributed by atoms with Crippen LogP contribution in [0.1, 0.15) is 22.0 Å². The van der Waals surface area contributed by atoms with Crippen molar-refractivity contribution in [2.45, 2.75) is 12.2 Å². The highest BCUT2D eigenvalue weighted by Crippen LogP contribution is 2.41. The minimum absolute atomic E-state index is 0. The van der Waals surface area contributed by atoms with Crippen LogP contribution < -0.4 is 5.32 Å². The predicted molar refractivity (Wildman–Crippen MR) is 89.3 cm³/mol. The number of piperazine rings is 1. The van der Waals surface area contributed by atoms with E-state index in [1.807, 2.05) is 22.4 Å². The van der Waals surface area contributed by atoms with Crippen LogP contribution in [0.15, 0.2) is 35.7 Å². The molecule has 1 aliphatic rings. The van der Waals surface area contributed by atoms with Gasteiger partial charge in [0.1, 0.15) is 5.82 Å². The molecule has 1 saturated heterocycles. The number of rotatable bonds is 3. The Morgan fingerprint density at radius 1 is 1.08 bits per heavy atom. The molecule has 1 atom stereocenters. The Morgan fingerprint density at radius 2 is 1.79 bits per heavy atom. The van der Waals surface area contributed by atoms with Gasteiger partial charge in [-0.2, -0.15) is 13.2 Å². The van der Waals surface area contributed by atoms with Gasteiger partial charge in [-0.05, 0) is 23.1 Å². The minimum atomic E-state index is -4.72. The molecule has 0 spiro atoms. The molecule has 8 heteroatoms. The molecular weight excluding hydrogens is 364 g/mol. The standard InChI is InChI=1S/C16H16F4N2S.ClH/c17-12-4-1-3-11(14(12)16(18,19)20)15(13-5-2-10-23-13)22-8-6-21-7-9-22;/h1-5,10,15,21H,6-9H2;1H/t15-;/m0./s1. The van der Waals surface area contributed by atoms with Crippen LogP contribution in [0, 0.1) is 5.82 Å². The van der Waals surface area contributed by atoms with Crippen molar-refractivity contribution in [1.82, 2.24) is 10.2 Å². The number of nitrogens with one attached hydrogen (secondary N) is 1. The molecule has 0 saturated carbocycles. The van der Waals surface area contributed by atoms with Crippen LogP contribution >= 0.6 is 23.7 Å². The topological polar surface area (TPSA) is 15.3 Å². The van der Waals surface area contributed by atoms with Crippen LogP contribution in [-0.4, -0.2) is 31.1 Å². The fourth-order valence-electron chi connectivity index (χ4n) is 2.98. The van der Waals surface area contributed by atoms with E-state index in [2.05, 4.69) is 5.32 Å². The Labute approximate surface area is 147 Å². The number of halogens is 5. The third-order valence-electron chi connectivity index (χ3n) is 3.95. The highest BCUT2D eigenvalue weighted by molar-refractivity contribution is 7.10. The Bertz CT molecular complexity index is 655. The average Bonchev–Trinajstić information content (AvgIpc) is 3.01. The summed E-state index contributed by atoms with van der Waals surface area (Å²) in [5.41, 5.74) is -1.17. The van der Waals surface area contributed by atoms with E-state index in [0.717, 1.165) is 10.9 Å². The van der Waals surface area contributed by atoms with E-state index in [1.165, 1.54) is 23.5 Å². The van der Waals surface area contributed by atoms with E-state index in [-0.39, 0.29) is 18.0 Å². The molecule has 0 amide bonds. The molecule has 24 heavy (non-hydrogen) atoms. The summed E-state index contributed by atoms with van der Waals surface area (Å²) in [5.74, 6) is -1.22. The molecule has 132 valence electrons. The maximum absolute atomic E-state index is 14.0. The average molecular weight is 381 g/mol. The number of thiophene rings is 1. The maximum atomic E-state index is 14.0. The third kappa shape index (κ3) is 3.91. The molecule has 1 aromatic carbocycles. The predicted octanol–water partition coefficient (Wildman–Crippen LogP) is 4.32. The van der Waals surface area contributed by atoms with E-state index in [1.54, 1.807) is 0 Å². The zero-order chi connectivity index (χ0) is 16.4. The second kappa shape index (κ2) is 7.82. The summed E-state index contributed by atoms with van der Waals surface area (Å²) in [7, 11) is 0. The Hall–Kier alpha value is -1.15. The summed E-state index contributed by atoms with van der Waals surface area (Å²) < 4.78 is 54.2. The molecule has 1 N–H and O–H groups in total. The van der Waals surface area contributed by atoms with Crippen molar-refractivity contribution in [1.29, 1.82) is 0 Å². The number of nitrogens with zero attached hydrogens (tertiary/aromatic N) is 1. The summed E-state index contributed by atoms with van der Waals surface area (Å²) >= 11 is 1.39. The lowest BCUT2D eigenvalue weighted by atomic mass is 9.96. The van der Waals surface area contributed by atoms with E-state index in [4.69, 9.17) is 0 Å². The molecule has 2 aromatic rings. The molecule has 0 bridgehead atoms. The SMILES string of the molecule is Cl.Fc1cccc([C@@H](c2cccs2)N2CCNCC2)c1C(F)(F)F. The third-order valence-corrected chi connectivity index (χ3v) is 4.88. The minimum Gasteiger partial charge on any atom is -0.314 e. The lowest BCUT2D eigenvalue weighted by Crippen LogP contribution is -2.45. The van der Waals surface area contributed by atoms with E-state index in [9.17, 15) is 17.6 Å². The highest BCUT2D eigenvalue weighted by atomic mass is 35.5. The fourth-order valence-corrected chi connectivity index (χ4v) is 3.86. The Balaban J connectivity index is 0.00000208. The van der Waals surface area contributed by atoms with Crippen LogP contribution in [0.2, 0.25) is 0 Å². The largest absolute Gasteiger partial charge is 0.419 e. The van der Waals surface area contributed by atoms with Crippen LogP contribution in [-0.2, 0) is 6.18 Å². The van der Waals surface area contributed by atoms with Crippen LogP contribution in [0.25, 0.3) is 0 Å². The van der Waals surface area contributed by atoms with Gasteiger partial charge in [0.2, 0.25) is 0 Å². The van der Waals surface area contributed by atoms with Crippen LogP contribution in [0.5, 0.6) is 0 Å². The molecule has 1 fully saturated rings. The van der Waals surface area contributed by atoms with Gasteiger partial charge < -0.3 is 5.32 Å². The molecule has 0 radical (unpaired) electrons. The van der Waals surface area contributed by atoms with E-state index < -0.39 is 23.6 Å². The van der Waals surface area contributed by atoms with Gasteiger partial charge in [-0.3, -0.25) is 4.90 Å². The van der Waals surface area contributed by atoms with Gasteiger partial charge in [-0.1, -0.05) is 18.2 Å². The van der Waals surface area contributed by atoms with Crippen LogP contribution in [0.3, 0.4) is 0 Å². The number of alkyl halides is 3. The second-order valence-corrected chi connectivity index (χ2v) is 6.39. The second-order valence-electron chi connectivity index (χ2n) is 5.41. The number of hydrogen-bond acceptors (Lipinski definition) is 3. The van der Waals surface area contributed by atoms with Crippen molar-refractivity contribution >= 4 is 23.7 Å². The normalized spacial score (nSPS) is 17.3. The quantitative estimate of drug-likeness (QED) is 0.798. The summed E-state index contributed by atoms with van der Waals surface area (Å²) in [4.78, 5) is 2.77. The van der Waals surface area contributed by atoms with E-state index in [0.29, 0.717) is 26.2 Å². The summed E-state index contributed by atoms with van der Waals surface area (Å²) in [5, 5.41) is 5.02. The van der Waals surface area contributed by atoms with Gasteiger partial charge >= 0.3 is 6.18 Å². The first kappa shape index (κ1) is 19.2. The molecule has 1 aromatic heterocycles. The van der Waals surface area contributed by atoms with Crippen molar-refractivity contribution in [2.24, 2.45) is 0 Å². The van der Waals surface area contributed by atoms with Gasteiger partial charge in [0.05, 0.1) is 11.6 Å². The van der Waals surface area contributed by atoms with Gasteiger partial charge in [0, 0.05) is 31.1 Å². The summed E-state index contributed by atoms with van der Waals surface area (Å²) in [6.45, 7) is 2.66. The maximum Gasteiger partial charge on any atom is 0.419 e. The van der Waals surface area contributed by atoms with Crippen molar-refractivity contribution in [2.75, 3.05) is 26.2 Å². The molecule has 0 unspecified atom stereocenters. The molecule has 0 aliphatic carbocycles. The Kier molecular flexibility index (Phi) is 6.25. The van der Waals surface area contributed by atoms with E-state index >= 15 is 0 Å². The van der Waals surface area contributed by atoms with Crippen molar-refractivity contribution < 1.29 is 17.6 Å². The van der Waals surface area contributed by atoms with Crippen molar-refractivity contribution in [3.8, 4) is 0 Å². The molecule has 3 rings (SSSR count). The molecule has 2 heterocycles. The monoisotopic (exact) mass is 380 g/mol. The van der Waals surface area contributed by atoms with Gasteiger partial charge in [-0.25, -0.2) is 4.39 Å². The van der Waals surface area contributed by atoms with Gasteiger partial charge in [0.15, 0.2) is 0 Å². The molecular formula is C16H17ClF4N2S. The first-order valence-corrected chi connectivity index (χ1v) is 8.20. The summed E-state index contributed by atoms with van der Waals surface area (Å²) in [6, 6.07) is 6.64. The lowest BCUT2D eigenvalue weighted by Gasteiger charge is -2.35. The lowest BCUT2D eigenvalue weighted by molar-refractivity contribution is -0.141. The highest BCUT2D eigenvalue weighted by Gasteiger charge is 2.40. The van der Waals surface area contributed by atoms with Gasteiger partial charge in [-0.15, -0.1) is 23.7 Å². The number of benzene rings is 1. The zero-order valence-electron chi connectivity index (χ0n) is 12.6. The fraction of sp³-hybridized carbons (Fsp3) is 0.375. The molecule has 1 aliphatic heterocycles. The van der Waals surface area contributed by atoms with Crippen molar-refractivity contribution in [3.05, 3.63) is 57.5 Å². The first-order valence-electron chi connectivity index (χ1n) is 7.32. The van der Waals surface area contributed by atoms with Gasteiger partial charge in [0.25, 0.3) is 0 Å². The van der Waals surface area contributed by atoms with Crippen LogP contribution in [0.4, 0.5) is 17.6 Å². The first-order chi connectivity index (χ1) is 11.0. The summed E-state index contributed by atoms with van der Waals surface area (Å²) in [6.07, 6.45) is -4.72.